The molecule has 0 radical (unpaired) electrons. The van der Waals surface area contributed by atoms with Crippen molar-refractivity contribution in [2.24, 2.45) is 23.3 Å². The molecule has 6 N–H and O–H groups in total. The molecule has 20 heavy (non-hydrogen) atoms. The van der Waals surface area contributed by atoms with E-state index < -0.39 is 0 Å². The highest BCUT2D eigenvalue weighted by Gasteiger charge is 2.17. The molecule has 2 saturated carbocycles. The summed E-state index contributed by atoms with van der Waals surface area (Å²) in [4.78, 5) is 0. The number of hydrogen-bond acceptors (Lipinski definition) is 4. The van der Waals surface area contributed by atoms with Gasteiger partial charge in [0.1, 0.15) is 0 Å². The SMILES string of the molecule is Cl.Cl.NC1CCC(CO)CC1.NC1CCC(CO)CC1. The fraction of sp³-hybridized carbons (Fsp3) is 1.00. The van der Waals surface area contributed by atoms with Crippen molar-refractivity contribution < 1.29 is 10.2 Å². The summed E-state index contributed by atoms with van der Waals surface area (Å²) in [5, 5.41) is 17.5. The van der Waals surface area contributed by atoms with Crippen LogP contribution in [-0.4, -0.2) is 35.5 Å². The highest BCUT2D eigenvalue weighted by atomic mass is 35.5. The monoisotopic (exact) mass is 330 g/mol. The Balaban J connectivity index is 0. The van der Waals surface area contributed by atoms with E-state index in [4.69, 9.17) is 21.7 Å². The van der Waals surface area contributed by atoms with Gasteiger partial charge in [0.15, 0.2) is 0 Å². The predicted octanol–water partition coefficient (Wildman–Crippen LogP) is 1.84. The topological polar surface area (TPSA) is 92.5 Å². The lowest BCUT2D eigenvalue weighted by Gasteiger charge is -2.23. The third-order valence-electron chi connectivity index (χ3n) is 4.30. The van der Waals surface area contributed by atoms with E-state index in [1.54, 1.807) is 0 Å². The summed E-state index contributed by atoms with van der Waals surface area (Å²) in [6.45, 7) is 0.708. The van der Waals surface area contributed by atoms with Gasteiger partial charge in [-0.1, -0.05) is 0 Å². The molecule has 0 aromatic heterocycles. The molecule has 0 spiro atoms. The van der Waals surface area contributed by atoms with Gasteiger partial charge in [0, 0.05) is 25.3 Å². The summed E-state index contributed by atoms with van der Waals surface area (Å²) in [5.41, 5.74) is 11.3. The second-order valence-electron chi connectivity index (χ2n) is 5.93. The van der Waals surface area contributed by atoms with Crippen LogP contribution < -0.4 is 11.5 Å². The summed E-state index contributed by atoms with van der Waals surface area (Å²) >= 11 is 0. The smallest absolute Gasteiger partial charge is 0.0459 e. The molecule has 0 bridgehead atoms. The quantitative estimate of drug-likeness (QED) is 0.621. The highest BCUT2D eigenvalue weighted by Crippen LogP contribution is 2.22. The largest absolute Gasteiger partial charge is 0.396 e. The first-order valence-corrected chi connectivity index (χ1v) is 7.38. The van der Waals surface area contributed by atoms with Gasteiger partial charge >= 0.3 is 0 Å². The summed E-state index contributed by atoms with van der Waals surface area (Å²) < 4.78 is 0. The molecule has 0 aromatic carbocycles. The van der Waals surface area contributed by atoms with Crippen LogP contribution in [0.3, 0.4) is 0 Å². The molecule has 0 amide bonds. The van der Waals surface area contributed by atoms with Crippen molar-refractivity contribution in [3.63, 3.8) is 0 Å². The number of hydrogen-bond donors (Lipinski definition) is 4. The van der Waals surface area contributed by atoms with Gasteiger partial charge in [0.05, 0.1) is 0 Å². The molecule has 0 atom stereocenters. The molecule has 2 rings (SSSR count). The van der Waals surface area contributed by atoms with E-state index in [2.05, 4.69) is 0 Å². The van der Waals surface area contributed by atoms with Crippen LogP contribution >= 0.6 is 24.8 Å². The van der Waals surface area contributed by atoms with Crippen LogP contribution in [0.1, 0.15) is 51.4 Å². The highest BCUT2D eigenvalue weighted by molar-refractivity contribution is 5.85. The molecule has 0 aliphatic heterocycles. The molecule has 0 heterocycles. The van der Waals surface area contributed by atoms with Crippen molar-refractivity contribution in [2.45, 2.75) is 63.5 Å². The molecule has 0 unspecified atom stereocenters. The first kappa shape index (κ1) is 22.7. The number of halogens is 2. The third-order valence-corrected chi connectivity index (χ3v) is 4.30. The summed E-state index contributed by atoms with van der Waals surface area (Å²) in [6.07, 6.45) is 8.90. The second kappa shape index (κ2) is 13.1. The van der Waals surface area contributed by atoms with Crippen LogP contribution in [0.2, 0.25) is 0 Å². The lowest BCUT2D eigenvalue weighted by molar-refractivity contribution is 0.183. The van der Waals surface area contributed by atoms with Crippen molar-refractivity contribution in [1.82, 2.24) is 0 Å². The number of rotatable bonds is 2. The van der Waals surface area contributed by atoms with Crippen LogP contribution in [0.5, 0.6) is 0 Å². The summed E-state index contributed by atoms with van der Waals surface area (Å²) in [5.74, 6) is 1.09. The lowest BCUT2D eigenvalue weighted by Crippen LogP contribution is -2.27. The third kappa shape index (κ3) is 9.37. The van der Waals surface area contributed by atoms with Crippen molar-refractivity contribution in [3.8, 4) is 0 Å². The van der Waals surface area contributed by atoms with Crippen LogP contribution in [0.25, 0.3) is 0 Å². The zero-order valence-corrected chi connectivity index (χ0v) is 13.9. The van der Waals surface area contributed by atoms with Crippen LogP contribution in [-0.2, 0) is 0 Å². The minimum Gasteiger partial charge on any atom is -0.396 e. The van der Waals surface area contributed by atoms with Crippen molar-refractivity contribution >= 4 is 24.8 Å². The van der Waals surface area contributed by atoms with E-state index in [-0.39, 0.29) is 24.8 Å². The van der Waals surface area contributed by atoms with Gasteiger partial charge in [0.25, 0.3) is 0 Å². The van der Waals surface area contributed by atoms with Crippen LogP contribution in [0, 0.1) is 11.8 Å². The summed E-state index contributed by atoms with van der Waals surface area (Å²) in [6, 6.07) is 0.820. The molecule has 2 fully saturated rings. The Hall–Kier alpha value is 0.420. The minimum atomic E-state index is 0. The lowest BCUT2D eigenvalue weighted by atomic mass is 9.87. The molecule has 2 aliphatic rings. The maximum Gasteiger partial charge on any atom is 0.0459 e. The van der Waals surface area contributed by atoms with Gasteiger partial charge in [-0.2, -0.15) is 0 Å². The fourth-order valence-electron chi connectivity index (χ4n) is 2.74. The maximum atomic E-state index is 8.74. The van der Waals surface area contributed by atoms with E-state index in [0.717, 1.165) is 51.4 Å². The second-order valence-corrected chi connectivity index (χ2v) is 5.93. The van der Waals surface area contributed by atoms with Crippen LogP contribution in [0.4, 0.5) is 0 Å². The molecule has 0 aromatic rings. The average Bonchev–Trinajstić information content (AvgIpc) is 2.41. The van der Waals surface area contributed by atoms with Gasteiger partial charge in [-0.25, -0.2) is 0 Å². The Morgan fingerprint density at radius 2 is 0.850 bits per heavy atom. The van der Waals surface area contributed by atoms with E-state index in [9.17, 15) is 0 Å². The first-order chi connectivity index (χ1) is 8.65. The first-order valence-electron chi connectivity index (χ1n) is 7.38. The van der Waals surface area contributed by atoms with Crippen molar-refractivity contribution in [2.75, 3.05) is 13.2 Å². The van der Waals surface area contributed by atoms with E-state index in [1.807, 2.05) is 0 Å². The van der Waals surface area contributed by atoms with E-state index in [1.165, 1.54) is 0 Å². The average molecular weight is 331 g/mol. The predicted molar refractivity (Wildman–Crippen MR) is 88.5 cm³/mol. The van der Waals surface area contributed by atoms with Crippen molar-refractivity contribution in [3.05, 3.63) is 0 Å². The molecule has 0 saturated heterocycles. The zero-order chi connectivity index (χ0) is 13.4. The molecule has 2 aliphatic carbocycles. The van der Waals surface area contributed by atoms with Crippen LogP contribution in [0.15, 0.2) is 0 Å². The Kier molecular flexibility index (Phi) is 14.9. The Bertz CT molecular complexity index is 185. The molecule has 4 nitrogen and oxygen atoms in total. The molecule has 6 heteroatoms. The van der Waals surface area contributed by atoms with Gasteiger partial charge in [-0.15, -0.1) is 24.8 Å². The summed E-state index contributed by atoms with van der Waals surface area (Å²) in [7, 11) is 0. The van der Waals surface area contributed by atoms with Crippen molar-refractivity contribution in [1.29, 1.82) is 0 Å². The van der Waals surface area contributed by atoms with Gasteiger partial charge < -0.3 is 21.7 Å². The Labute approximate surface area is 135 Å². The Morgan fingerprint density at radius 3 is 1.05 bits per heavy atom. The minimum absolute atomic E-state index is 0. The normalized spacial score (nSPS) is 33.0. The fourth-order valence-corrected chi connectivity index (χ4v) is 2.74. The Morgan fingerprint density at radius 1 is 0.600 bits per heavy atom. The van der Waals surface area contributed by atoms with Gasteiger partial charge in [0.2, 0.25) is 0 Å². The number of aliphatic hydroxyl groups excluding tert-OH is 2. The van der Waals surface area contributed by atoms with Gasteiger partial charge in [-0.05, 0) is 63.2 Å². The number of nitrogens with two attached hydrogens (primary N) is 2. The molecule has 124 valence electrons. The standard InChI is InChI=1S/2C7H15NO.2ClH/c2*8-7-3-1-6(5-9)2-4-7;;/h2*6-7,9H,1-5,8H2;2*1H. The zero-order valence-electron chi connectivity index (χ0n) is 12.2. The molecular formula is C14H32Cl2N2O2. The van der Waals surface area contributed by atoms with E-state index in [0.29, 0.717) is 37.1 Å². The van der Waals surface area contributed by atoms with E-state index >= 15 is 0 Å². The van der Waals surface area contributed by atoms with Gasteiger partial charge in [-0.3, -0.25) is 0 Å². The maximum absolute atomic E-state index is 8.74. The molecular weight excluding hydrogens is 299 g/mol. The number of aliphatic hydroxyl groups is 2.